The van der Waals surface area contributed by atoms with Gasteiger partial charge in [-0.3, -0.25) is 0 Å². The maximum atomic E-state index is 13.1. The summed E-state index contributed by atoms with van der Waals surface area (Å²) >= 11 is 0. The lowest BCUT2D eigenvalue weighted by atomic mass is 10.2. The van der Waals surface area contributed by atoms with Gasteiger partial charge in [-0.1, -0.05) is 6.07 Å². The van der Waals surface area contributed by atoms with Crippen LogP contribution in [-0.4, -0.2) is 33.5 Å². The second-order valence-corrected chi connectivity index (χ2v) is 3.87. The quantitative estimate of drug-likeness (QED) is 0.543. The van der Waals surface area contributed by atoms with Crippen LogP contribution in [0.1, 0.15) is 12.0 Å². The molecular weight excluding hydrogens is 237 g/mol. The number of methoxy groups -OCH3 is 1. The fourth-order valence-electron chi connectivity index (χ4n) is 1.38. The Labute approximate surface area is 107 Å². The summed E-state index contributed by atoms with van der Waals surface area (Å²) in [5.74, 6) is -0.410. The Morgan fingerprint density at radius 1 is 1.11 bits per heavy atom. The van der Waals surface area contributed by atoms with Gasteiger partial charge < -0.3 is 19.9 Å². The van der Waals surface area contributed by atoms with Crippen molar-refractivity contribution in [1.82, 2.24) is 0 Å². The summed E-state index contributed by atoms with van der Waals surface area (Å²) in [6.07, 6.45) is 0.875. The average Bonchev–Trinajstić information content (AvgIpc) is 2.37. The van der Waals surface area contributed by atoms with E-state index < -0.39 is 5.82 Å². The van der Waals surface area contributed by atoms with Gasteiger partial charge >= 0.3 is 0 Å². The first kappa shape index (κ1) is 14.9. The fraction of sp³-hybridized carbons (Fsp3) is 0.538. The minimum atomic E-state index is -0.410. The molecule has 0 saturated heterocycles. The minimum Gasteiger partial charge on any atom is -0.396 e. The second kappa shape index (κ2) is 8.85. The van der Waals surface area contributed by atoms with Crippen LogP contribution in [0.15, 0.2) is 18.2 Å². The summed E-state index contributed by atoms with van der Waals surface area (Å²) in [5.41, 5.74) is 6.29. The van der Waals surface area contributed by atoms with Crippen molar-refractivity contribution in [3.63, 3.8) is 0 Å². The Bertz CT molecular complexity index is 347. The van der Waals surface area contributed by atoms with E-state index in [1.165, 1.54) is 12.1 Å². The lowest BCUT2D eigenvalue weighted by Gasteiger charge is -2.06. The lowest BCUT2D eigenvalue weighted by molar-refractivity contribution is 0.0336. The van der Waals surface area contributed by atoms with Gasteiger partial charge in [0.05, 0.1) is 25.5 Å². The number of halogens is 1. The van der Waals surface area contributed by atoms with Crippen LogP contribution in [0.25, 0.3) is 0 Å². The van der Waals surface area contributed by atoms with Crippen molar-refractivity contribution in [2.75, 3.05) is 39.3 Å². The van der Waals surface area contributed by atoms with E-state index in [9.17, 15) is 4.39 Å². The molecule has 5 heteroatoms. The largest absolute Gasteiger partial charge is 0.396 e. The molecule has 0 unspecified atom stereocenters. The molecule has 4 nitrogen and oxygen atoms in total. The molecule has 0 aliphatic rings. The number of ether oxygens (including phenoxy) is 3. The third-order valence-electron chi connectivity index (χ3n) is 2.34. The van der Waals surface area contributed by atoms with Crippen molar-refractivity contribution in [2.24, 2.45) is 0 Å². The number of nitrogens with two attached hydrogens (primary N) is 1. The predicted molar refractivity (Wildman–Crippen MR) is 67.8 cm³/mol. The van der Waals surface area contributed by atoms with Crippen LogP contribution in [0.3, 0.4) is 0 Å². The number of rotatable bonds is 9. The fourth-order valence-corrected chi connectivity index (χ4v) is 1.38. The van der Waals surface area contributed by atoms with Crippen LogP contribution in [0, 0.1) is 5.82 Å². The highest BCUT2D eigenvalue weighted by Gasteiger charge is 2.00. The summed E-state index contributed by atoms with van der Waals surface area (Å²) < 4.78 is 28.7. The van der Waals surface area contributed by atoms with Crippen molar-refractivity contribution in [1.29, 1.82) is 0 Å². The molecule has 0 atom stereocenters. The summed E-state index contributed by atoms with van der Waals surface area (Å²) in [4.78, 5) is 0. The molecule has 0 aromatic heterocycles. The smallest absolute Gasteiger partial charge is 0.146 e. The Kier molecular flexibility index (Phi) is 7.32. The standard InChI is InChI=1S/C13H20FNO3/c1-16-5-2-6-17-7-8-18-10-11-3-4-13(15)12(14)9-11/h3-4,9H,2,5-8,10,15H2,1H3. The van der Waals surface area contributed by atoms with Crippen LogP contribution in [0.4, 0.5) is 10.1 Å². The highest BCUT2D eigenvalue weighted by Crippen LogP contribution is 2.12. The normalized spacial score (nSPS) is 10.8. The van der Waals surface area contributed by atoms with E-state index in [0.29, 0.717) is 33.0 Å². The molecule has 0 aliphatic carbocycles. The van der Waals surface area contributed by atoms with Crippen LogP contribution in [0.2, 0.25) is 0 Å². The van der Waals surface area contributed by atoms with Gasteiger partial charge in [-0.2, -0.15) is 0 Å². The van der Waals surface area contributed by atoms with Gasteiger partial charge in [0.15, 0.2) is 0 Å². The molecule has 1 aromatic carbocycles. The van der Waals surface area contributed by atoms with E-state index in [1.807, 2.05) is 0 Å². The Morgan fingerprint density at radius 3 is 2.61 bits per heavy atom. The van der Waals surface area contributed by atoms with Crippen molar-refractivity contribution in [2.45, 2.75) is 13.0 Å². The average molecular weight is 257 g/mol. The van der Waals surface area contributed by atoms with Crippen LogP contribution >= 0.6 is 0 Å². The SMILES string of the molecule is COCCCOCCOCc1ccc(N)c(F)c1. The molecule has 0 bridgehead atoms. The van der Waals surface area contributed by atoms with Gasteiger partial charge in [-0.05, 0) is 24.1 Å². The van der Waals surface area contributed by atoms with E-state index >= 15 is 0 Å². The first-order chi connectivity index (χ1) is 8.74. The maximum absolute atomic E-state index is 13.1. The van der Waals surface area contributed by atoms with Gasteiger partial charge in [-0.25, -0.2) is 4.39 Å². The zero-order chi connectivity index (χ0) is 13.2. The third-order valence-corrected chi connectivity index (χ3v) is 2.34. The van der Waals surface area contributed by atoms with Gasteiger partial charge in [0, 0.05) is 20.3 Å². The molecule has 0 saturated carbocycles. The zero-order valence-corrected chi connectivity index (χ0v) is 10.7. The molecular formula is C13H20FNO3. The molecule has 102 valence electrons. The molecule has 0 fully saturated rings. The second-order valence-electron chi connectivity index (χ2n) is 3.87. The Hall–Kier alpha value is -1.17. The van der Waals surface area contributed by atoms with Crippen LogP contribution in [-0.2, 0) is 20.8 Å². The molecule has 0 radical (unpaired) electrons. The molecule has 0 spiro atoms. The van der Waals surface area contributed by atoms with Crippen molar-refractivity contribution in [3.8, 4) is 0 Å². The highest BCUT2D eigenvalue weighted by atomic mass is 19.1. The van der Waals surface area contributed by atoms with Crippen molar-refractivity contribution < 1.29 is 18.6 Å². The first-order valence-electron chi connectivity index (χ1n) is 5.92. The van der Waals surface area contributed by atoms with E-state index in [-0.39, 0.29) is 5.69 Å². The third kappa shape index (κ3) is 5.95. The minimum absolute atomic E-state index is 0.153. The zero-order valence-electron chi connectivity index (χ0n) is 10.7. The topological polar surface area (TPSA) is 53.7 Å². The van der Waals surface area contributed by atoms with Crippen molar-refractivity contribution >= 4 is 5.69 Å². The molecule has 0 heterocycles. The van der Waals surface area contributed by atoms with Crippen LogP contribution < -0.4 is 5.73 Å². The Morgan fingerprint density at radius 2 is 1.89 bits per heavy atom. The highest BCUT2D eigenvalue weighted by molar-refractivity contribution is 5.41. The number of anilines is 1. The molecule has 2 N–H and O–H groups in total. The van der Waals surface area contributed by atoms with Gasteiger partial charge in [0.25, 0.3) is 0 Å². The monoisotopic (exact) mass is 257 g/mol. The van der Waals surface area contributed by atoms with Gasteiger partial charge in [0.2, 0.25) is 0 Å². The summed E-state index contributed by atoms with van der Waals surface area (Å²) in [5, 5.41) is 0. The molecule has 0 amide bonds. The van der Waals surface area contributed by atoms with Crippen molar-refractivity contribution in [3.05, 3.63) is 29.6 Å². The molecule has 18 heavy (non-hydrogen) atoms. The summed E-state index contributed by atoms with van der Waals surface area (Å²) in [7, 11) is 1.66. The number of benzene rings is 1. The summed E-state index contributed by atoms with van der Waals surface area (Å²) in [6.45, 7) is 2.73. The molecule has 0 aliphatic heterocycles. The van der Waals surface area contributed by atoms with Gasteiger partial charge in [-0.15, -0.1) is 0 Å². The number of nitrogen functional groups attached to an aromatic ring is 1. The number of hydrogen-bond acceptors (Lipinski definition) is 4. The number of hydrogen-bond donors (Lipinski definition) is 1. The van der Waals surface area contributed by atoms with E-state index in [1.54, 1.807) is 13.2 Å². The van der Waals surface area contributed by atoms with Crippen LogP contribution in [0.5, 0.6) is 0 Å². The predicted octanol–water partition coefficient (Wildman–Crippen LogP) is 1.98. The maximum Gasteiger partial charge on any atom is 0.146 e. The first-order valence-corrected chi connectivity index (χ1v) is 5.92. The van der Waals surface area contributed by atoms with E-state index in [4.69, 9.17) is 19.9 Å². The Balaban J connectivity index is 2.05. The van der Waals surface area contributed by atoms with Gasteiger partial charge in [0.1, 0.15) is 5.82 Å². The lowest BCUT2D eigenvalue weighted by Crippen LogP contribution is -2.06. The van der Waals surface area contributed by atoms with E-state index in [0.717, 1.165) is 12.0 Å². The molecule has 1 aromatic rings. The summed E-state index contributed by atoms with van der Waals surface area (Å²) in [6, 6.07) is 4.67. The van der Waals surface area contributed by atoms with E-state index in [2.05, 4.69) is 0 Å². The molecule has 1 rings (SSSR count).